The summed E-state index contributed by atoms with van der Waals surface area (Å²) < 4.78 is 11.3. The summed E-state index contributed by atoms with van der Waals surface area (Å²) in [6, 6.07) is 16.7. The molecule has 5 rings (SSSR count). The molecule has 0 spiro atoms. The predicted octanol–water partition coefficient (Wildman–Crippen LogP) is 4.05. The van der Waals surface area contributed by atoms with E-state index in [4.69, 9.17) is 9.15 Å². The number of hydrogen-bond donors (Lipinski definition) is 0. The van der Waals surface area contributed by atoms with Gasteiger partial charge in [0, 0.05) is 0 Å². The summed E-state index contributed by atoms with van der Waals surface area (Å²) in [4.78, 5) is 45.2. The van der Waals surface area contributed by atoms with Crippen molar-refractivity contribution in [3.8, 4) is 5.75 Å². The molecule has 2 aromatic heterocycles. The zero-order valence-electron chi connectivity index (χ0n) is 16.3. The maximum atomic E-state index is 13.2. The van der Waals surface area contributed by atoms with Crippen molar-refractivity contribution in [1.82, 2.24) is 4.98 Å². The van der Waals surface area contributed by atoms with E-state index in [1.165, 1.54) is 28.6 Å². The van der Waals surface area contributed by atoms with E-state index >= 15 is 0 Å². The first-order valence-corrected chi connectivity index (χ1v) is 10.3. The largest absolute Gasteiger partial charge is 0.497 e. The maximum Gasteiger partial charge on any atom is 0.297 e. The number of aromatic nitrogens is 1. The molecule has 8 heteroatoms. The fraction of sp³-hybridized carbons (Fsp3) is 0.130. The van der Waals surface area contributed by atoms with Crippen LogP contribution in [0.4, 0.5) is 5.13 Å². The maximum absolute atomic E-state index is 13.2. The first-order chi connectivity index (χ1) is 15.1. The monoisotopic (exact) mass is 432 g/mol. The Morgan fingerprint density at radius 1 is 1.10 bits per heavy atom. The fourth-order valence-electron chi connectivity index (χ4n) is 3.83. The number of nitrogens with zero attached hydrogens (tertiary/aromatic N) is 2. The highest BCUT2D eigenvalue weighted by Crippen LogP contribution is 2.43. The van der Waals surface area contributed by atoms with Crippen molar-refractivity contribution in [3.63, 3.8) is 0 Å². The van der Waals surface area contributed by atoms with Crippen molar-refractivity contribution in [2.75, 3.05) is 12.0 Å². The van der Waals surface area contributed by atoms with Crippen LogP contribution >= 0.6 is 11.3 Å². The quantitative estimate of drug-likeness (QED) is 0.268. The van der Waals surface area contributed by atoms with Crippen LogP contribution in [-0.2, 0) is 9.59 Å². The van der Waals surface area contributed by atoms with Crippen molar-refractivity contribution in [3.05, 3.63) is 78.3 Å². The molecule has 2 unspecified atom stereocenters. The minimum atomic E-state index is -1.22. The minimum Gasteiger partial charge on any atom is -0.497 e. The molecule has 2 aromatic carbocycles. The van der Waals surface area contributed by atoms with Crippen LogP contribution in [0.3, 0.4) is 0 Å². The van der Waals surface area contributed by atoms with Gasteiger partial charge >= 0.3 is 0 Å². The molecule has 0 bridgehead atoms. The Morgan fingerprint density at radius 3 is 2.61 bits per heavy atom. The second-order valence-corrected chi connectivity index (χ2v) is 8.05. The highest BCUT2D eigenvalue weighted by atomic mass is 32.1. The van der Waals surface area contributed by atoms with Crippen molar-refractivity contribution in [1.29, 1.82) is 0 Å². The van der Waals surface area contributed by atoms with Gasteiger partial charge in [-0.2, -0.15) is 0 Å². The van der Waals surface area contributed by atoms with Gasteiger partial charge in [-0.3, -0.25) is 19.3 Å². The lowest BCUT2D eigenvalue weighted by Gasteiger charge is -2.24. The van der Waals surface area contributed by atoms with Gasteiger partial charge in [-0.15, -0.1) is 0 Å². The lowest BCUT2D eigenvalue weighted by molar-refractivity contribution is -0.135. The van der Waals surface area contributed by atoms with Crippen molar-refractivity contribution >= 4 is 44.2 Å². The van der Waals surface area contributed by atoms with Crippen LogP contribution < -0.4 is 9.64 Å². The third-order valence-electron chi connectivity index (χ3n) is 5.28. The van der Waals surface area contributed by atoms with Gasteiger partial charge in [0.1, 0.15) is 11.7 Å². The number of carbonyl (C=O) groups excluding carboxylic acids is 3. The molecule has 1 fully saturated rings. The molecule has 1 amide bonds. The van der Waals surface area contributed by atoms with Crippen LogP contribution in [0.15, 0.2) is 71.3 Å². The van der Waals surface area contributed by atoms with Crippen LogP contribution in [-0.4, -0.2) is 29.6 Å². The predicted molar refractivity (Wildman–Crippen MR) is 114 cm³/mol. The third-order valence-corrected chi connectivity index (χ3v) is 6.30. The number of ether oxygens (including phenoxy) is 1. The Bertz CT molecular complexity index is 1300. The molecular weight excluding hydrogens is 416 g/mol. The van der Waals surface area contributed by atoms with Gasteiger partial charge in [-0.1, -0.05) is 41.7 Å². The van der Waals surface area contributed by atoms with E-state index in [1.54, 1.807) is 49.6 Å². The Hall–Kier alpha value is -3.78. The smallest absolute Gasteiger partial charge is 0.297 e. The number of fused-ring (bicyclic) bond motifs is 1. The summed E-state index contributed by atoms with van der Waals surface area (Å²) in [6.45, 7) is 0. The Kier molecular flexibility index (Phi) is 4.63. The number of carbonyl (C=O) groups is 3. The first-order valence-electron chi connectivity index (χ1n) is 9.53. The standard InChI is InChI=1S/C23H16N2O5S/c1-29-14-9-10-15-17(12-14)31-23(24-15)25-19(13-6-3-2-4-7-13)18(21(27)22(25)28)20(26)16-8-5-11-30-16/h2-12,18-19H,1H3. The number of methoxy groups -OCH3 is 1. The number of ketones is 2. The molecular formula is C23H16N2O5S. The first kappa shape index (κ1) is 19.2. The van der Waals surface area contributed by atoms with E-state index in [-0.39, 0.29) is 5.76 Å². The van der Waals surface area contributed by atoms with Crippen LogP contribution in [0.25, 0.3) is 10.2 Å². The fourth-order valence-corrected chi connectivity index (χ4v) is 4.85. The van der Waals surface area contributed by atoms with Gasteiger partial charge in [0.25, 0.3) is 5.91 Å². The van der Waals surface area contributed by atoms with Gasteiger partial charge in [0.15, 0.2) is 10.9 Å². The van der Waals surface area contributed by atoms with Gasteiger partial charge in [-0.05, 0) is 35.9 Å². The van der Waals surface area contributed by atoms with Crippen molar-refractivity contribution < 1.29 is 23.5 Å². The SMILES string of the molecule is COc1ccc2nc(N3C(=O)C(=O)C(C(=O)c4ccco4)C3c3ccccc3)sc2c1. The number of amides is 1. The summed E-state index contributed by atoms with van der Waals surface area (Å²) in [5.41, 5.74) is 1.34. The normalized spacial score (nSPS) is 18.7. The van der Waals surface area contributed by atoms with E-state index in [0.717, 1.165) is 4.70 Å². The summed E-state index contributed by atoms with van der Waals surface area (Å²) in [6.07, 6.45) is 1.37. The van der Waals surface area contributed by atoms with Crippen LogP contribution in [0.5, 0.6) is 5.75 Å². The molecule has 1 aliphatic heterocycles. The number of hydrogen-bond acceptors (Lipinski definition) is 7. The van der Waals surface area contributed by atoms with Crippen molar-refractivity contribution in [2.45, 2.75) is 6.04 Å². The molecule has 0 aliphatic carbocycles. The molecule has 154 valence electrons. The van der Waals surface area contributed by atoms with E-state index in [0.29, 0.717) is 22.0 Å². The van der Waals surface area contributed by atoms with Crippen molar-refractivity contribution in [2.24, 2.45) is 5.92 Å². The number of furan rings is 1. The second-order valence-electron chi connectivity index (χ2n) is 7.04. The van der Waals surface area contributed by atoms with Gasteiger partial charge in [0.2, 0.25) is 11.6 Å². The Morgan fingerprint density at radius 2 is 1.90 bits per heavy atom. The molecule has 1 aliphatic rings. The van der Waals surface area contributed by atoms with Crippen LogP contribution in [0.2, 0.25) is 0 Å². The highest BCUT2D eigenvalue weighted by molar-refractivity contribution is 7.22. The number of thiazole rings is 1. The molecule has 2 atom stereocenters. The topological polar surface area (TPSA) is 89.7 Å². The summed E-state index contributed by atoms with van der Waals surface area (Å²) in [5, 5.41) is 0.352. The molecule has 31 heavy (non-hydrogen) atoms. The zero-order chi connectivity index (χ0) is 21.5. The van der Waals surface area contributed by atoms with E-state index in [9.17, 15) is 14.4 Å². The van der Waals surface area contributed by atoms with Gasteiger partial charge in [-0.25, -0.2) is 4.98 Å². The lowest BCUT2D eigenvalue weighted by atomic mass is 9.88. The number of Topliss-reactive ketones (excluding diaryl/α,β-unsaturated/α-hetero) is 2. The number of rotatable bonds is 5. The van der Waals surface area contributed by atoms with Crippen LogP contribution in [0.1, 0.15) is 22.2 Å². The third kappa shape index (κ3) is 3.12. The molecule has 7 nitrogen and oxygen atoms in total. The van der Waals surface area contributed by atoms with Gasteiger partial charge < -0.3 is 9.15 Å². The van der Waals surface area contributed by atoms with E-state index in [2.05, 4.69) is 4.98 Å². The summed E-state index contributed by atoms with van der Waals surface area (Å²) in [5.74, 6) is -2.57. The summed E-state index contributed by atoms with van der Waals surface area (Å²) >= 11 is 1.27. The van der Waals surface area contributed by atoms with Gasteiger partial charge in [0.05, 0.1) is 29.6 Å². The highest BCUT2D eigenvalue weighted by Gasteiger charge is 2.53. The molecule has 0 radical (unpaired) electrons. The summed E-state index contributed by atoms with van der Waals surface area (Å²) in [7, 11) is 1.57. The average Bonchev–Trinajstić information content (AvgIpc) is 3.52. The lowest BCUT2D eigenvalue weighted by Crippen LogP contribution is -2.30. The molecule has 0 saturated carbocycles. The van der Waals surface area contributed by atoms with E-state index < -0.39 is 29.4 Å². The molecule has 4 aromatic rings. The number of benzene rings is 2. The Balaban J connectivity index is 1.65. The average molecular weight is 432 g/mol. The number of anilines is 1. The molecule has 1 saturated heterocycles. The Labute approximate surface area is 180 Å². The molecule has 0 N–H and O–H groups in total. The minimum absolute atomic E-state index is 0.0444. The second kappa shape index (κ2) is 7.48. The van der Waals surface area contributed by atoms with E-state index in [1.807, 2.05) is 12.1 Å². The zero-order valence-corrected chi connectivity index (χ0v) is 17.2. The molecule has 3 heterocycles. The van der Waals surface area contributed by atoms with Crippen LogP contribution in [0, 0.1) is 5.92 Å².